The zero-order valence-corrected chi connectivity index (χ0v) is 14.3. The number of methoxy groups -OCH3 is 1. The summed E-state index contributed by atoms with van der Waals surface area (Å²) in [5, 5.41) is 1.64. The van der Waals surface area contributed by atoms with Crippen LogP contribution in [0.15, 0.2) is 21.7 Å². The molecule has 1 rings (SSSR count). The van der Waals surface area contributed by atoms with Crippen molar-refractivity contribution in [3.05, 3.63) is 17.5 Å². The number of sulfone groups is 1. The molecule has 0 N–H and O–H groups in total. The highest BCUT2D eigenvalue weighted by atomic mass is 35.5. The van der Waals surface area contributed by atoms with Crippen LogP contribution in [0.1, 0.15) is 26.2 Å². The molecule has 0 amide bonds. The summed E-state index contributed by atoms with van der Waals surface area (Å²) >= 11 is 13.1. The minimum absolute atomic E-state index is 0.0118. The molecule has 1 atom stereocenters. The summed E-state index contributed by atoms with van der Waals surface area (Å²) in [6.07, 6.45) is 0.0952. The number of Topliss-reactive ketones (excluding diaryl/α,β-unsaturated/α-hetero) is 1. The van der Waals surface area contributed by atoms with Gasteiger partial charge in [-0.25, -0.2) is 8.42 Å². The molecule has 0 aliphatic heterocycles. The number of ether oxygens (including phenoxy) is 1. The van der Waals surface area contributed by atoms with Gasteiger partial charge in [-0.2, -0.15) is 0 Å². The SMILES string of the molecule is COC(CCC(Cl)(Cl)S(=O)(=O)c1cccs1)CC(C)=O. The van der Waals surface area contributed by atoms with Crippen molar-refractivity contribution >= 4 is 50.2 Å². The third-order valence-electron chi connectivity index (χ3n) is 2.76. The van der Waals surface area contributed by atoms with Gasteiger partial charge in [0, 0.05) is 13.5 Å². The first kappa shape index (κ1) is 17.9. The monoisotopic (exact) mass is 358 g/mol. The molecule has 0 aliphatic carbocycles. The Morgan fingerprint density at radius 3 is 2.60 bits per heavy atom. The molecule has 0 aromatic carbocycles. The molecule has 1 aromatic rings. The second-order valence-electron chi connectivity index (χ2n) is 4.38. The fraction of sp³-hybridized carbons (Fsp3) is 0.583. The minimum Gasteiger partial charge on any atom is -0.381 e. The van der Waals surface area contributed by atoms with Crippen LogP contribution in [0.5, 0.6) is 0 Å². The lowest BCUT2D eigenvalue weighted by atomic mass is 10.1. The highest BCUT2D eigenvalue weighted by molar-refractivity contribution is 7.97. The summed E-state index contributed by atoms with van der Waals surface area (Å²) in [6, 6.07) is 3.08. The average molecular weight is 359 g/mol. The lowest BCUT2D eigenvalue weighted by Gasteiger charge is -2.21. The quantitative estimate of drug-likeness (QED) is 0.668. The molecule has 8 heteroatoms. The zero-order valence-electron chi connectivity index (χ0n) is 11.1. The van der Waals surface area contributed by atoms with Crippen molar-refractivity contribution in [1.29, 1.82) is 0 Å². The van der Waals surface area contributed by atoms with Gasteiger partial charge in [0.2, 0.25) is 13.5 Å². The van der Waals surface area contributed by atoms with Gasteiger partial charge in [0.05, 0.1) is 6.10 Å². The molecule has 20 heavy (non-hydrogen) atoms. The molecule has 4 nitrogen and oxygen atoms in total. The van der Waals surface area contributed by atoms with Gasteiger partial charge in [-0.05, 0) is 31.2 Å². The van der Waals surface area contributed by atoms with Gasteiger partial charge < -0.3 is 4.74 Å². The number of hydrogen-bond donors (Lipinski definition) is 0. The molecule has 1 unspecified atom stereocenters. The number of ketones is 1. The van der Waals surface area contributed by atoms with Crippen LogP contribution in [0.2, 0.25) is 0 Å². The normalized spacial score (nSPS) is 14.2. The molecule has 0 saturated carbocycles. The van der Waals surface area contributed by atoms with Crippen LogP contribution in [0, 0.1) is 0 Å². The molecular weight excluding hydrogens is 343 g/mol. The molecule has 0 aliphatic rings. The fourth-order valence-electron chi connectivity index (χ4n) is 1.65. The first-order valence-corrected chi connectivity index (χ1v) is 9.01. The number of hydrogen-bond acceptors (Lipinski definition) is 5. The maximum absolute atomic E-state index is 12.3. The lowest BCUT2D eigenvalue weighted by Crippen LogP contribution is -2.28. The van der Waals surface area contributed by atoms with Crippen LogP contribution in [-0.2, 0) is 19.4 Å². The van der Waals surface area contributed by atoms with Crippen molar-refractivity contribution in [3.63, 3.8) is 0 Å². The Labute approximate surface area is 132 Å². The van der Waals surface area contributed by atoms with Crippen LogP contribution in [0.4, 0.5) is 0 Å². The number of halogens is 2. The number of carbonyl (C=O) groups is 1. The molecule has 0 fully saturated rings. The Balaban J connectivity index is 2.77. The van der Waals surface area contributed by atoms with Crippen LogP contribution < -0.4 is 0 Å². The van der Waals surface area contributed by atoms with Crippen molar-refractivity contribution in [1.82, 2.24) is 0 Å². The predicted octanol–water partition coefficient (Wildman–Crippen LogP) is 3.43. The number of rotatable bonds is 8. The van der Waals surface area contributed by atoms with E-state index in [1.807, 2.05) is 0 Å². The van der Waals surface area contributed by atoms with E-state index < -0.39 is 13.5 Å². The first-order valence-electron chi connectivity index (χ1n) is 5.89. The average Bonchev–Trinajstić information content (AvgIpc) is 2.88. The summed E-state index contributed by atoms with van der Waals surface area (Å²) in [5.74, 6) is -0.0345. The Bertz CT molecular complexity index is 538. The highest BCUT2D eigenvalue weighted by Crippen LogP contribution is 2.40. The van der Waals surface area contributed by atoms with E-state index in [1.54, 1.807) is 11.4 Å². The van der Waals surface area contributed by atoms with Crippen LogP contribution >= 0.6 is 34.5 Å². The number of alkyl halides is 2. The summed E-state index contributed by atoms with van der Waals surface area (Å²) in [6.45, 7) is 1.45. The van der Waals surface area contributed by atoms with Crippen LogP contribution in [0.25, 0.3) is 0 Å². The maximum atomic E-state index is 12.3. The third-order valence-corrected chi connectivity index (χ3v) is 7.62. The molecule has 114 valence electrons. The molecule has 0 bridgehead atoms. The second-order valence-corrected chi connectivity index (χ2v) is 9.66. The van der Waals surface area contributed by atoms with E-state index in [0.717, 1.165) is 11.3 Å². The van der Waals surface area contributed by atoms with Gasteiger partial charge >= 0.3 is 0 Å². The van der Waals surface area contributed by atoms with Gasteiger partial charge in [-0.1, -0.05) is 29.3 Å². The number of carbonyl (C=O) groups excluding carboxylic acids is 1. The molecule has 0 radical (unpaired) electrons. The van der Waals surface area contributed by atoms with Crippen molar-refractivity contribution in [2.24, 2.45) is 0 Å². The van der Waals surface area contributed by atoms with E-state index in [9.17, 15) is 13.2 Å². The maximum Gasteiger partial charge on any atom is 0.223 e. The van der Waals surface area contributed by atoms with Gasteiger partial charge in [0.25, 0.3) is 0 Å². The topological polar surface area (TPSA) is 60.4 Å². The lowest BCUT2D eigenvalue weighted by molar-refractivity contribution is -0.119. The van der Waals surface area contributed by atoms with E-state index >= 15 is 0 Å². The standard InChI is InChI=1S/C12H16Cl2O4S2/c1-9(15)8-10(18-2)5-6-12(13,14)20(16,17)11-4-3-7-19-11/h3-4,7,10H,5-6,8H2,1-2H3. The minimum atomic E-state index is -3.82. The van der Waals surface area contributed by atoms with Crippen molar-refractivity contribution in [3.8, 4) is 0 Å². The van der Waals surface area contributed by atoms with Crippen LogP contribution in [0.3, 0.4) is 0 Å². The van der Waals surface area contributed by atoms with E-state index in [4.69, 9.17) is 27.9 Å². The second kappa shape index (κ2) is 7.22. The molecule has 0 spiro atoms. The van der Waals surface area contributed by atoms with Crippen molar-refractivity contribution in [2.75, 3.05) is 7.11 Å². The van der Waals surface area contributed by atoms with E-state index in [1.165, 1.54) is 20.1 Å². The Morgan fingerprint density at radius 1 is 1.50 bits per heavy atom. The predicted molar refractivity (Wildman–Crippen MR) is 81.3 cm³/mol. The van der Waals surface area contributed by atoms with Crippen molar-refractivity contribution in [2.45, 2.75) is 40.2 Å². The van der Waals surface area contributed by atoms with Gasteiger partial charge in [-0.3, -0.25) is 4.79 Å². The largest absolute Gasteiger partial charge is 0.381 e. The van der Waals surface area contributed by atoms with E-state index in [2.05, 4.69) is 0 Å². The summed E-state index contributed by atoms with van der Waals surface area (Å²) in [5.41, 5.74) is 0. The summed E-state index contributed by atoms with van der Waals surface area (Å²) < 4.78 is 27.9. The molecule has 0 saturated heterocycles. The highest BCUT2D eigenvalue weighted by Gasteiger charge is 2.42. The summed E-state index contributed by atoms with van der Waals surface area (Å²) in [4.78, 5) is 11.1. The number of thiophene rings is 1. The fourth-order valence-corrected chi connectivity index (χ4v) is 5.13. The Morgan fingerprint density at radius 2 is 2.15 bits per heavy atom. The third kappa shape index (κ3) is 4.43. The van der Waals surface area contributed by atoms with E-state index in [-0.39, 0.29) is 35.4 Å². The van der Waals surface area contributed by atoms with Crippen LogP contribution in [-0.4, -0.2) is 31.1 Å². The van der Waals surface area contributed by atoms with Crippen molar-refractivity contribution < 1.29 is 17.9 Å². The molecular formula is C12H16Cl2O4S2. The zero-order chi connectivity index (χ0) is 15.4. The van der Waals surface area contributed by atoms with Gasteiger partial charge in [-0.15, -0.1) is 11.3 Å². The smallest absolute Gasteiger partial charge is 0.223 e. The molecule has 1 heterocycles. The first-order chi connectivity index (χ1) is 9.20. The molecule has 1 aromatic heterocycles. The summed E-state index contributed by atoms with van der Waals surface area (Å²) in [7, 11) is -2.35. The Hall–Kier alpha value is -0.140. The van der Waals surface area contributed by atoms with Gasteiger partial charge in [0.15, 0.2) is 0 Å². The van der Waals surface area contributed by atoms with Gasteiger partial charge in [0.1, 0.15) is 9.99 Å². The van der Waals surface area contributed by atoms with E-state index in [0.29, 0.717) is 0 Å². The Kier molecular flexibility index (Phi) is 6.47.